The Bertz CT molecular complexity index is 618. The molecular formula is C15H18N2O3. The molecule has 20 heavy (non-hydrogen) atoms. The molecule has 1 aromatic carbocycles. The fourth-order valence-electron chi connectivity index (χ4n) is 2.40. The number of hydrogen-bond donors (Lipinski definition) is 3. The molecule has 1 unspecified atom stereocenters. The lowest BCUT2D eigenvalue weighted by atomic mass is 10.00. The molecule has 0 fully saturated rings. The lowest BCUT2D eigenvalue weighted by Gasteiger charge is -2.17. The van der Waals surface area contributed by atoms with E-state index in [-0.39, 0.29) is 18.4 Å². The molecule has 1 atom stereocenters. The molecule has 3 N–H and O–H groups in total. The first-order chi connectivity index (χ1) is 9.56. The molecule has 1 amide bonds. The van der Waals surface area contributed by atoms with Gasteiger partial charge in [-0.3, -0.25) is 9.59 Å². The molecule has 0 bridgehead atoms. The Morgan fingerprint density at radius 1 is 1.35 bits per heavy atom. The van der Waals surface area contributed by atoms with E-state index in [9.17, 15) is 9.59 Å². The van der Waals surface area contributed by atoms with Crippen LogP contribution in [0.5, 0.6) is 0 Å². The van der Waals surface area contributed by atoms with Crippen molar-refractivity contribution in [2.45, 2.75) is 32.2 Å². The van der Waals surface area contributed by atoms with E-state index >= 15 is 0 Å². The molecule has 0 aliphatic rings. The van der Waals surface area contributed by atoms with Gasteiger partial charge in [0.1, 0.15) is 0 Å². The minimum Gasteiger partial charge on any atom is -0.481 e. The number of aromatic nitrogens is 1. The number of aliphatic carboxylic acids is 1. The van der Waals surface area contributed by atoms with Crippen molar-refractivity contribution < 1.29 is 14.7 Å². The smallest absolute Gasteiger partial charge is 0.303 e. The van der Waals surface area contributed by atoms with Crippen molar-refractivity contribution in [1.82, 2.24) is 10.3 Å². The Morgan fingerprint density at radius 3 is 2.85 bits per heavy atom. The van der Waals surface area contributed by atoms with Gasteiger partial charge in [0.15, 0.2) is 0 Å². The van der Waals surface area contributed by atoms with E-state index in [1.54, 1.807) is 0 Å². The minimum atomic E-state index is -0.849. The van der Waals surface area contributed by atoms with Crippen molar-refractivity contribution in [2.24, 2.45) is 0 Å². The number of carbonyl (C=O) groups excluding carboxylic acids is 1. The summed E-state index contributed by atoms with van der Waals surface area (Å²) in [5.74, 6) is -0.988. The van der Waals surface area contributed by atoms with E-state index in [0.717, 1.165) is 16.5 Å². The summed E-state index contributed by atoms with van der Waals surface area (Å²) < 4.78 is 0. The first-order valence-electron chi connectivity index (χ1n) is 6.60. The molecule has 1 aromatic heterocycles. The topological polar surface area (TPSA) is 82.2 Å². The molecule has 1 heterocycles. The number of para-hydroxylation sites is 1. The summed E-state index contributed by atoms with van der Waals surface area (Å²) in [5, 5.41) is 12.7. The Hall–Kier alpha value is -2.30. The number of aromatic amines is 1. The molecule has 0 aliphatic heterocycles. The Kier molecular flexibility index (Phi) is 4.40. The largest absolute Gasteiger partial charge is 0.481 e. The first kappa shape index (κ1) is 14.1. The zero-order valence-electron chi connectivity index (χ0n) is 11.3. The van der Waals surface area contributed by atoms with E-state index in [1.165, 1.54) is 6.92 Å². The monoisotopic (exact) mass is 274 g/mol. The number of carbonyl (C=O) groups is 2. The summed E-state index contributed by atoms with van der Waals surface area (Å²) in [4.78, 5) is 25.1. The van der Waals surface area contributed by atoms with Crippen LogP contribution in [0.25, 0.3) is 10.9 Å². The molecule has 0 aliphatic carbocycles. The van der Waals surface area contributed by atoms with Crippen molar-refractivity contribution in [3.8, 4) is 0 Å². The number of carboxylic acid groups (broad SMARTS) is 1. The van der Waals surface area contributed by atoms with Gasteiger partial charge < -0.3 is 15.4 Å². The van der Waals surface area contributed by atoms with Gasteiger partial charge in [-0.2, -0.15) is 0 Å². The van der Waals surface area contributed by atoms with Crippen LogP contribution in [0.3, 0.4) is 0 Å². The quantitative estimate of drug-likeness (QED) is 0.754. The maximum Gasteiger partial charge on any atom is 0.303 e. The number of H-pyrrole nitrogens is 1. The van der Waals surface area contributed by atoms with Gasteiger partial charge in [0.2, 0.25) is 5.91 Å². The molecule has 2 rings (SSSR count). The number of carboxylic acids is 1. The van der Waals surface area contributed by atoms with E-state index in [0.29, 0.717) is 12.8 Å². The molecule has 0 spiro atoms. The van der Waals surface area contributed by atoms with Crippen molar-refractivity contribution in [3.63, 3.8) is 0 Å². The van der Waals surface area contributed by atoms with Crippen LogP contribution in [0.1, 0.15) is 25.3 Å². The third-order valence-corrected chi connectivity index (χ3v) is 3.25. The fourth-order valence-corrected chi connectivity index (χ4v) is 2.40. The van der Waals surface area contributed by atoms with Gasteiger partial charge in [-0.15, -0.1) is 0 Å². The lowest BCUT2D eigenvalue weighted by molar-refractivity contribution is -0.137. The van der Waals surface area contributed by atoms with Crippen molar-refractivity contribution in [2.75, 3.05) is 0 Å². The molecule has 106 valence electrons. The Balaban J connectivity index is 2.15. The molecule has 0 radical (unpaired) electrons. The van der Waals surface area contributed by atoms with Crippen LogP contribution in [0, 0.1) is 0 Å². The van der Waals surface area contributed by atoms with Gasteiger partial charge in [0.25, 0.3) is 0 Å². The molecular weight excluding hydrogens is 256 g/mol. The van der Waals surface area contributed by atoms with Crippen molar-refractivity contribution >= 4 is 22.8 Å². The maximum absolute atomic E-state index is 11.2. The van der Waals surface area contributed by atoms with Gasteiger partial charge in [0, 0.05) is 31.1 Å². The zero-order chi connectivity index (χ0) is 14.5. The highest BCUT2D eigenvalue weighted by atomic mass is 16.4. The van der Waals surface area contributed by atoms with Crippen LogP contribution < -0.4 is 5.32 Å². The van der Waals surface area contributed by atoms with E-state index in [4.69, 9.17) is 5.11 Å². The average Bonchev–Trinajstić information content (AvgIpc) is 2.84. The fraction of sp³-hybridized carbons (Fsp3) is 0.333. The van der Waals surface area contributed by atoms with Gasteiger partial charge in [-0.25, -0.2) is 0 Å². The van der Waals surface area contributed by atoms with Crippen molar-refractivity contribution in [1.29, 1.82) is 0 Å². The predicted molar refractivity (Wildman–Crippen MR) is 76.5 cm³/mol. The second kappa shape index (κ2) is 6.23. The third kappa shape index (κ3) is 3.60. The molecule has 0 saturated heterocycles. The lowest BCUT2D eigenvalue weighted by Crippen LogP contribution is -2.35. The third-order valence-electron chi connectivity index (χ3n) is 3.25. The van der Waals surface area contributed by atoms with Gasteiger partial charge in [-0.05, 0) is 29.9 Å². The highest BCUT2D eigenvalue weighted by Gasteiger charge is 2.14. The van der Waals surface area contributed by atoms with Crippen LogP contribution >= 0.6 is 0 Å². The predicted octanol–water partition coefficient (Wildman–Crippen LogP) is 2.08. The van der Waals surface area contributed by atoms with E-state index < -0.39 is 5.97 Å². The normalized spacial score (nSPS) is 12.2. The number of nitrogens with one attached hydrogen (secondary N) is 2. The summed E-state index contributed by atoms with van der Waals surface area (Å²) in [6.07, 6.45) is 2.96. The molecule has 2 aromatic rings. The zero-order valence-corrected chi connectivity index (χ0v) is 11.3. The number of amides is 1. The van der Waals surface area contributed by atoms with Gasteiger partial charge >= 0.3 is 5.97 Å². The number of fused-ring (bicyclic) bond motifs is 1. The SMILES string of the molecule is CC(=O)NC(CCC(=O)O)Cc1cccc2cc[nH]c12. The van der Waals surface area contributed by atoms with E-state index in [2.05, 4.69) is 10.3 Å². The summed E-state index contributed by atoms with van der Waals surface area (Å²) >= 11 is 0. The summed E-state index contributed by atoms with van der Waals surface area (Å²) in [6, 6.07) is 7.79. The maximum atomic E-state index is 11.2. The molecule has 0 saturated carbocycles. The summed E-state index contributed by atoms with van der Waals surface area (Å²) in [5.41, 5.74) is 2.12. The summed E-state index contributed by atoms with van der Waals surface area (Å²) in [7, 11) is 0. The first-order valence-corrected chi connectivity index (χ1v) is 6.60. The standard InChI is InChI=1S/C15H18N2O3/c1-10(18)17-13(5-6-14(19)20)9-12-4-2-3-11-7-8-16-15(11)12/h2-4,7-8,13,16H,5-6,9H2,1H3,(H,17,18)(H,19,20). The van der Waals surface area contributed by atoms with E-state index in [1.807, 2.05) is 30.5 Å². The minimum absolute atomic E-state index is 0.0473. The molecule has 5 nitrogen and oxygen atoms in total. The number of rotatable bonds is 6. The van der Waals surface area contributed by atoms with Crippen molar-refractivity contribution in [3.05, 3.63) is 36.0 Å². The Morgan fingerprint density at radius 2 is 2.15 bits per heavy atom. The second-order valence-electron chi connectivity index (χ2n) is 4.89. The Labute approximate surface area is 117 Å². The van der Waals surface area contributed by atoms with Crippen LogP contribution in [0.15, 0.2) is 30.5 Å². The van der Waals surface area contributed by atoms with Crippen LogP contribution in [-0.4, -0.2) is 28.0 Å². The van der Waals surface area contributed by atoms with Crippen LogP contribution in [-0.2, 0) is 16.0 Å². The van der Waals surface area contributed by atoms with Crippen LogP contribution in [0.2, 0.25) is 0 Å². The van der Waals surface area contributed by atoms with Gasteiger partial charge in [-0.1, -0.05) is 18.2 Å². The van der Waals surface area contributed by atoms with Crippen LogP contribution in [0.4, 0.5) is 0 Å². The average molecular weight is 274 g/mol. The molecule has 5 heteroatoms. The van der Waals surface area contributed by atoms with Gasteiger partial charge in [0.05, 0.1) is 0 Å². The number of benzene rings is 1. The summed E-state index contributed by atoms with van der Waals surface area (Å²) in [6.45, 7) is 1.45. The highest BCUT2D eigenvalue weighted by Crippen LogP contribution is 2.19. The second-order valence-corrected chi connectivity index (χ2v) is 4.89. The number of hydrogen-bond acceptors (Lipinski definition) is 2. The highest BCUT2D eigenvalue weighted by molar-refractivity contribution is 5.82.